The standard InChI is InChI=1S/2C5H11NO2S.ClHO4.H2O/c2*1-9-3-2-4(6)5(7)8;2-1(3,4)5;/h2*4H,2-3,6H2,1H3,(H,7,8);(H,2,3,4,5);1H2/t2*4-;;/m00../s1. The van der Waals surface area contributed by atoms with Gasteiger partial charge in [-0.2, -0.15) is 23.5 Å². The predicted molar refractivity (Wildman–Crippen MR) is 75.6 cm³/mol. The fourth-order valence-electron chi connectivity index (χ4n) is 0.762. The van der Waals surface area contributed by atoms with Crippen molar-refractivity contribution >= 4 is 35.5 Å². The molecular formula is C10H25ClN2O9S2. The predicted octanol–water partition coefficient (Wildman–Crippen LogP) is -8.05. The van der Waals surface area contributed by atoms with Crippen LogP contribution in [0.25, 0.3) is 0 Å². The number of carbonyl (C=O) groups excluding carboxylic acids is 1. The number of carboxylic acid groups (broad SMARTS) is 2. The Hall–Kier alpha value is -0.350. The molecule has 0 saturated heterocycles. The summed E-state index contributed by atoms with van der Waals surface area (Å²) in [6.07, 6.45) is 5.15. The zero-order chi connectivity index (χ0) is 19.1. The van der Waals surface area contributed by atoms with E-state index in [4.69, 9.17) is 23.7 Å². The number of hydrogen-bond acceptors (Lipinski definition) is 9. The largest absolute Gasteiger partial charge is 0.544 e. The van der Waals surface area contributed by atoms with Crippen LogP contribution in [0.5, 0.6) is 0 Å². The molecule has 0 aromatic carbocycles. The van der Waals surface area contributed by atoms with Gasteiger partial charge in [-0.25, -0.2) is 23.4 Å². The number of quaternary nitrogens is 2. The summed E-state index contributed by atoms with van der Waals surface area (Å²) in [7, 11) is -4.94. The number of rotatable bonds is 8. The normalized spacial score (nSPS) is 12.3. The van der Waals surface area contributed by atoms with E-state index in [1.807, 2.05) is 12.5 Å². The SMILES string of the molecule is CSCC[C@H]([NH3+])C(=O)O.CSCC[C@H]([NH3+])C(=O)[O-].O.[O-][Cl+3]([O-])([O-])[O-]. The summed E-state index contributed by atoms with van der Waals surface area (Å²) in [4.78, 5) is 20.2. The highest BCUT2D eigenvalue weighted by Gasteiger charge is 2.13. The van der Waals surface area contributed by atoms with Crippen LogP contribution in [0.2, 0.25) is 0 Å². The Morgan fingerprint density at radius 1 is 1.00 bits per heavy atom. The second-order valence-electron chi connectivity index (χ2n) is 3.99. The fraction of sp³-hybridized carbons (Fsp3) is 0.800. The van der Waals surface area contributed by atoms with Gasteiger partial charge in [-0.15, -0.1) is 10.2 Å². The lowest BCUT2D eigenvalue weighted by atomic mass is 10.2. The molecule has 0 aromatic heterocycles. The van der Waals surface area contributed by atoms with E-state index in [9.17, 15) is 14.7 Å². The Morgan fingerprint density at radius 3 is 1.50 bits per heavy atom. The molecule has 9 N–H and O–H groups in total. The highest BCUT2D eigenvalue weighted by Crippen LogP contribution is 1.97. The molecule has 0 rings (SSSR count). The molecule has 0 aromatic rings. The maximum atomic E-state index is 10.1. The summed E-state index contributed by atoms with van der Waals surface area (Å²) in [6.45, 7) is 0. The quantitative estimate of drug-likeness (QED) is 0.336. The molecule has 0 aliphatic rings. The molecule has 0 aliphatic carbocycles. The number of halogens is 1. The molecule has 24 heavy (non-hydrogen) atoms. The molecule has 0 amide bonds. The Balaban J connectivity index is -0.000000128. The third kappa shape index (κ3) is 37.7. The van der Waals surface area contributed by atoms with Gasteiger partial charge >= 0.3 is 5.97 Å². The van der Waals surface area contributed by atoms with Crippen LogP contribution in [0.4, 0.5) is 0 Å². The molecule has 0 radical (unpaired) electrons. The van der Waals surface area contributed by atoms with E-state index in [1.54, 1.807) is 23.5 Å². The van der Waals surface area contributed by atoms with Crippen LogP contribution in [0.1, 0.15) is 12.8 Å². The third-order valence-corrected chi connectivity index (χ3v) is 3.31. The van der Waals surface area contributed by atoms with E-state index in [0.29, 0.717) is 12.8 Å². The Bertz CT molecular complexity index is 291. The number of aliphatic carboxylic acids is 2. The van der Waals surface area contributed by atoms with Crippen LogP contribution >= 0.6 is 23.5 Å². The van der Waals surface area contributed by atoms with Crippen molar-refractivity contribution in [3.63, 3.8) is 0 Å². The number of carbonyl (C=O) groups is 2. The van der Waals surface area contributed by atoms with Crippen molar-refractivity contribution in [2.45, 2.75) is 24.9 Å². The maximum absolute atomic E-state index is 10.1. The van der Waals surface area contributed by atoms with Crippen LogP contribution in [-0.4, -0.2) is 58.6 Å². The van der Waals surface area contributed by atoms with Gasteiger partial charge < -0.3 is 32.0 Å². The van der Waals surface area contributed by atoms with Gasteiger partial charge in [0.25, 0.3) is 0 Å². The first-order valence-electron chi connectivity index (χ1n) is 6.06. The summed E-state index contributed by atoms with van der Waals surface area (Å²) in [5.41, 5.74) is 6.86. The monoisotopic (exact) mass is 416 g/mol. The molecule has 0 fully saturated rings. The summed E-state index contributed by atoms with van der Waals surface area (Å²) >= 11 is 3.26. The summed E-state index contributed by atoms with van der Waals surface area (Å²) in [5, 5.41) is 18.4. The van der Waals surface area contributed by atoms with Crippen LogP contribution in [0.15, 0.2) is 0 Å². The summed E-state index contributed by atoms with van der Waals surface area (Å²) in [5.74, 6) is -0.143. The van der Waals surface area contributed by atoms with Gasteiger partial charge in [0.05, 0.1) is 5.97 Å². The molecule has 0 saturated carbocycles. The molecular weight excluding hydrogens is 392 g/mol. The minimum atomic E-state index is -4.94. The lowest BCUT2D eigenvalue weighted by molar-refractivity contribution is -2.00. The first-order valence-corrected chi connectivity index (χ1v) is 10.1. The second-order valence-corrected chi connectivity index (χ2v) is 6.72. The van der Waals surface area contributed by atoms with Crippen molar-refractivity contribution in [2.24, 2.45) is 0 Å². The van der Waals surface area contributed by atoms with Crippen LogP contribution < -0.4 is 35.2 Å². The van der Waals surface area contributed by atoms with E-state index < -0.39 is 34.3 Å². The van der Waals surface area contributed by atoms with E-state index >= 15 is 0 Å². The molecule has 2 atom stereocenters. The van der Waals surface area contributed by atoms with Gasteiger partial charge in [0, 0.05) is 12.8 Å². The van der Waals surface area contributed by atoms with Gasteiger partial charge in [0.2, 0.25) is 0 Å². The molecule has 0 spiro atoms. The Labute approximate surface area is 150 Å². The number of carboxylic acids is 2. The average molecular weight is 417 g/mol. The lowest BCUT2D eigenvalue weighted by Crippen LogP contribution is -2.68. The third-order valence-electron chi connectivity index (χ3n) is 2.02. The van der Waals surface area contributed by atoms with Crippen molar-refractivity contribution in [1.29, 1.82) is 0 Å². The molecule has 0 aliphatic heterocycles. The molecule has 0 bridgehead atoms. The van der Waals surface area contributed by atoms with Gasteiger partial charge in [-0.05, 0) is 24.0 Å². The molecule has 0 unspecified atom stereocenters. The summed E-state index contributed by atoms with van der Waals surface area (Å²) in [6, 6.07) is -0.977. The molecule has 148 valence electrons. The van der Waals surface area contributed by atoms with E-state index in [1.165, 1.54) is 0 Å². The van der Waals surface area contributed by atoms with E-state index in [-0.39, 0.29) is 5.48 Å². The van der Waals surface area contributed by atoms with Crippen LogP contribution in [-0.2, 0) is 9.59 Å². The van der Waals surface area contributed by atoms with Crippen LogP contribution in [0.3, 0.4) is 0 Å². The molecule has 14 heteroatoms. The smallest absolute Gasteiger partial charge is 0.362 e. The first-order chi connectivity index (χ1) is 10.4. The van der Waals surface area contributed by atoms with Crippen molar-refractivity contribution in [3.8, 4) is 0 Å². The van der Waals surface area contributed by atoms with Gasteiger partial charge in [0.1, 0.15) is 6.04 Å². The minimum Gasteiger partial charge on any atom is -0.544 e. The molecule has 0 heterocycles. The summed E-state index contributed by atoms with van der Waals surface area (Å²) < 4.78 is 34.0. The van der Waals surface area contributed by atoms with Crippen molar-refractivity contribution in [3.05, 3.63) is 0 Å². The minimum absolute atomic E-state index is 0. The van der Waals surface area contributed by atoms with Crippen molar-refractivity contribution in [1.82, 2.24) is 0 Å². The van der Waals surface area contributed by atoms with Crippen molar-refractivity contribution in [2.75, 3.05) is 24.0 Å². The first kappa shape index (κ1) is 31.4. The molecule has 11 nitrogen and oxygen atoms in total. The van der Waals surface area contributed by atoms with E-state index in [0.717, 1.165) is 11.5 Å². The second kappa shape index (κ2) is 19.0. The van der Waals surface area contributed by atoms with Gasteiger partial charge in [-0.1, -0.05) is 0 Å². The zero-order valence-corrected chi connectivity index (χ0v) is 15.8. The number of hydrogen-bond donors (Lipinski definition) is 3. The average Bonchev–Trinajstić information content (AvgIpc) is 2.40. The number of thioether (sulfide) groups is 2. The zero-order valence-electron chi connectivity index (χ0n) is 13.4. The van der Waals surface area contributed by atoms with Gasteiger partial charge in [-0.3, -0.25) is 0 Å². The highest BCUT2D eigenvalue weighted by atomic mass is 35.7. The van der Waals surface area contributed by atoms with Crippen LogP contribution in [0, 0.1) is 10.2 Å². The van der Waals surface area contributed by atoms with Gasteiger partial charge in [0.15, 0.2) is 6.04 Å². The maximum Gasteiger partial charge on any atom is 0.362 e. The Morgan fingerprint density at radius 2 is 1.29 bits per heavy atom. The van der Waals surface area contributed by atoms with E-state index in [2.05, 4.69) is 11.5 Å². The topological polar surface area (TPSA) is 256 Å². The van der Waals surface area contributed by atoms with Crippen molar-refractivity contribution < 1.29 is 65.6 Å². The Kier molecular flexibility index (Phi) is 24.9. The fourth-order valence-corrected chi connectivity index (χ4v) is 1.80. The highest BCUT2D eigenvalue weighted by molar-refractivity contribution is 7.98. The lowest BCUT2D eigenvalue weighted by Gasteiger charge is -2.17.